The number of guanidine groups is 1. The molecule has 0 radical (unpaired) electrons. The van der Waals surface area contributed by atoms with Gasteiger partial charge in [-0.2, -0.15) is 0 Å². The van der Waals surface area contributed by atoms with Crippen LogP contribution in [0, 0.1) is 12.8 Å². The molecule has 2 aromatic rings. The quantitative estimate of drug-likeness (QED) is 0.293. The molecule has 0 bridgehead atoms. The van der Waals surface area contributed by atoms with Crippen molar-refractivity contribution in [3.8, 4) is 11.5 Å². The van der Waals surface area contributed by atoms with Crippen molar-refractivity contribution in [3.05, 3.63) is 39.8 Å². The number of benzene rings is 1. The van der Waals surface area contributed by atoms with E-state index in [9.17, 15) is 0 Å². The molecule has 32 heavy (non-hydrogen) atoms. The number of hydrogen-bond acceptors (Lipinski definition) is 6. The zero-order chi connectivity index (χ0) is 22.2. The smallest absolute Gasteiger partial charge is 0.193 e. The number of nitrogens with zero attached hydrogens (tertiary/aromatic N) is 4. The lowest BCUT2D eigenvalue weighted by atomic mass is 9.97. The number of rotatable bonds is 8. The highest BCUT2D eigenvalue weighted by atomic mass is 127. The average Bonchev–Trinajstić information content (AvgIpc) is 3.20. The zero-order valence-electron chi connectivity index (χ0n) is 19.8. The molecule has 0 atom stereocenters. The molecule has 2 heterocycles. The Labute approximate surface area is 213 Å². The molecule has 0 saturated carbocycles. The molecular formula is C23H36IN5O2S. The standard InChI is InChI=1S/C23H35N5O2S.HI/c1-17-26-20(16-31-17)15-28-10-8-18(9-11-28)13-25-23(24-2)27(3)14-19-6-7-21(29-4)12-22(19)30-5;/h6-7,12,16,18H,8-11,13-15H2,1-5H3,(H,24,25);1H. The Bertz CT molecular complexity index is 868. The van der Waals surface area contributed by atoms with Gasteiger partial charge in [0.25, 0.3) is 0 Å². The van der Waals surface area contributed by atoms with E-state index in [0.717, 1.165) is 54.2 Å². The van der Waals surface area contributed by atoms with Gasteiger partial charge in [0.05, 0.1) is 24.9 Å². The molecule has 3 rings (SSSR count). The van der Waals surface area contributed by atoms with Gasteiger partial charge in [0, 0.05) is 50.7 Å². The third kappa shape index (κ3) is 7.48. The largest absolute Gasteiger partial charge is 0.497 e. The van der Waals surface area contributed by atoms with E-state index in [1.807, 2.05) is 25.2 Å². The Balaban J connectivity index is 0.00000363. The monoisotopic (exact) mass is 573 g/mol. The molecule has 0 amide bonds. The molecule has 1 aliphatic rings. The van der Waals surface area contributed by atoms with Gasteiger partial charge >= 0.3 is 0 Å². The van der Waals surface area contributed by atoms with Crippen LogP contribution in [0.1, 0.15) is 29.1 Å². The van der Waals surface area contributed by atoms with Gasteiger partial charge < -0.3 is 19.7 Å². The van der Waals surface area contributed by atoms with Crippen molar-refractivity contribution in [2.24, 2.45) is 10.9 Å². The van der Waals surface area contributed by atoms with E-state index in [4.69, 9.17) is 9.47 Å². The van der Waals surface area contributed by atoms with Crippen LogP contribution in [0.15, 0.2) is 28.6 Å². The number of aromatic nitrogens is 1. The number of halogens is 1. The molecule has 0 unspecified atom stereocenters. The van der Waals surface area contributed by atoms with Crippen LogP contribution < -0.4 is 14.8 Å². The molecule has 0 spiro atoms. The SMILES string of the molecule is CN=C(NCC1CCN(Cc2csc(C)n2)CC1)N(C)Cc1ccc(OC)cc1OC.I. The maximum absolute atomic E-state index is 5.54. The van der Waals surface area contributed by atoms with Crippen LogP contribution in [0.4, 0.5) is 0 Å². The molecule has 9 heteroatoms. The van der Waals surface area contributed by atoms with E-state index >= 15 is 0 Å². The van der Waals surface area contributed by atoms with E-state index < -0.39 is 0 Å². The first kappa shape index (κ1) is 26.7. The summed E-state index contributed by atoms with van der Waals surface area (Å²) in [6.45, 7) is 6.94. The molecule has 178 valence electrons. The molecule has 0 aliphatic carbocycles. The van der Waals surface area contributed by atoms with Gasteiger partial charge in [0.15, 0.2) is 5.96 Å². The first-order valence-electron chi connectivity index (χ1n) is 10.8. The number of aliphatic imine (C=N–C) groups is 1. The minimum Gasteiger partial charge on any atom is -0.497 e. The van der Waals surface area contributed by atoms with Crippen molar-refractivity contribution in [1.29, 1.82) is 0 Å². The summed E-state index contributed by atoms with van der Waals surface area (Å²) in [5.74, 6) is 3.18. The number of aryl methyl sites for hydroxylation is 1. The predicted octanol–water partition coefficient (Wildman–Crippen LogP) is 4.01. The predicted molar refractivity (Wildman–Crippen MR) is 143 cm³/mol. The number of ether oxygens (including phenoxy) is 2. The van der Waals surface area contributed by atoms with Crippen molar-refractivity contribution in [3.63, 3.8) is 0 Å². The Kier molecular flexibility index (Phi) is 11.0. The Hall–Kier alpha value is -1.59. The van der Waals surface area contributed by atoms with Crippen molar-refractivity contribution < 1.29 is 9.47 Å². The number of nitrogens with one attached hydrogen (secondary N) is 1. The van der Waals surface area contributed by atoms with Crippen LogP contribution in [0.25, 0.3) is 0 Å². The molecule has 1 aromatic carbocycles. The summed E-state index contributed by atoms with van der Waals surface area (Å²) in [5, 5.41) is 6.90. The topological polar surface area (TPSA) is 62.2 Å². The summed E-state index contributed by atoms with van der Waals surface area (Å²) in [6.07, 6.45) is 2.40. The summed E-state index contributed by atoms with van der Waals surface area (Å²) in [6, 6.07) is 5.92. The van der Waals surface area contributed by atoms with E-state index in [1.54, 1.807) is 25.6 Å². The summed E-state index contributed by atoms with van der Waals surface area (Å²) in [4.78, 5) is 13.7. The first-order chi connectivity index (χ1) is 15.0. The van der Waals surface area contributed by atoms with Gasteiger partial charge in [0.1, 0.15) is 11.5 Å². The summed E-state index contributed by atoms with van der Waals surface area (Å²) in [7, 11) is 7.24. The second kappa shape index (κ2) is 13.2. The maximum Gasteiger partial charge on any atom is 0.193 e. The Morgan fingerprint density at radius 2 is 2.03 bits per heavy atom. The zero-order valence-corrected chi connectivity index (χ0v) is 22.9. The molecule has 1 fully saturated rings. The molecule has 1 aromatic heterocycles. The molecule has 1 aliphatic heterocycles. The van der Waals surface area contributed by atoms with Crippen molar-refractivity contribution >= 4 is 41.3 Å². The van der Waals surface area contributed by atoms with Gasteiger partial charge in [-0.25, -0.2) is 4.98 Å². The highest BCUT2D eigenvalue weighted by Gasteiger charge is 2.21. The highest BCUT2D eigenvalue weighted by Crippen LogP contribution is 2.25. The van der Waals surface area contributed by atoms with Gasteiger partial charge in [-0.3, -0.25) is 9.89 Å². The lowest BCUT2D eigenvalue weighted by molar-refractivity contribution is 0.176. The van der Waals surface area contributed by atoms with Crippen LogP contribution in [-0.2, 0) is 13.1 Å². The number of hydrogen-bond donors (Lipinski definition) is 1. The molecule has 7 nitrogen and oxygen atoms in total. The van der Waals surface area contributed by atoms with Gasteiger partial charge in [0.2, 0.25) is 0 Å². The Morgan fingerprint density at radius 1 is 1.28 bits per heavy atom. The van der Waals surface area contributed by atoms with Crippen LogP contribution in [0.3, 0.4) is 0 Å². The average molecular weight is 574 g/mol. The van der Waals surface area contributed by atoms with Gasteiger partial charge in [-0.05, 0) is 50.9 Å². The maximum atomic E-state index is 5.54. The van der Waals surface area contributed by atoms with E-state index in [0.29, 0.717) is 12.5 Å². The van der Waals surface area contributed by atoms with Crippen LogP contribution in [0.5, 0.6) is 11.5 Å². The van der Waals surface area contributed by atoms with Crippen molar-refractivity contribution in [2.75, 3.05) is 47.9 Å². The number of likely N-dealkylation sites (tertiary alicyclic amines) is 1. The number of thiazole rings is 1. The third-order valence-corrected chi connectivity index (χ3v) is 6.61. The minimum absolute atomic E-state index is 0. The van der Waals surface area contributed by atoms with Crippen molar-refractivity contribution in [1.82, 2.24) is 20.1 Å². The highest BCUT2D eigenvalue weighted by molar-refractivity contribution is 14.0. The fourth-order valence-corrected chi connectivity index (χ4v) is 4.60. The third-order valence-electron chi connectivity index (χ3n) is 5.78. The second-order valence-corrected chi connectivity index (χ2v) is 9.10. The minimum atomic E-state index is 0. The second-order valence-electron chi connectivity index (χ2n) is 8.04. The van der Waals surface area contributed by atoms with E-state index in [1.165, 1.54) is 18.5 Å². The van der Waals surface area contributed by atoms with Gasteiger partial charge in [-0.15, -0.1) is 35.3 Å². The van der Waals surface area contributed by atoms with E-state index in [2.05, 4.69) is 44.4 Å². The summed E-state index contributed by atoms with van der Waals surface area (Å²) < 4.78 is 10.8. The van der Waals surface area contributed by atoms with Crippen LogP contribution in [-0.4, -0.2) is 68.7 Å². The van der Waals surface area contributed by atoms with E-state index in [-0.39, 0.29) is 24.0 Å². The fourth-order valence-electron chi connectivity index (χ4n) is 3.99. The molecular weight excluding hydrogens is 537 g/mol. The summed E-state index contributed by atoms with van der Waals surface area (Å²) >= 11 is 1.73. The number of piperidine rings is 1. The number of methoxy groups -OCH3 is 2. The first-order valence-corrected chi connectivity index (χ1v) is 11.7. The lowest BCUT2D eigenvalue weighted by Crippen LogP contribution is -2.43. The van der Waals surface area contributed by atoms with Crippen LogP contribution >= 0.6 is 35.3 Å². The van der Waals surface area contributed by atoms with Crippen molar-refractivity contribution in [2.45, 2.75) is 32.9 Å². The fraction of sp³-hybridized carbons (Fsp3) is 0.565. The molecule has 1 saturated heterocycles. The van der Waals surface area contributed by atoms with Crippen LogP contribution in [0.2, 0.25) is 0 Å². The summed E-state index contributed by atoms with van der Waals surface area (Å²) in [5.41, 5.74) is 2.30. The normalized spacial score (nSPS) is 15.2. The lowest BCUT2D eigenvalue weighted by Gasteiger charge is -2.32. The van der Waals surface area contributed by atoms with Gasteiger partial charge in [-0.1, -0.05) is 0 Å². The molecule has 1 N–H and O–H groups in total. The Morgan fingerprint density at radius 3 is 2.62 bits per heavy atom.